The zero-order chi connectivity index (χ0) is 23.1. The summed E-state index contributed by atoms with van der Waals surface area (Å²) in [6.07, 6.45) is 1.44. The maximum absolute atomic E-state index is 12.4. The molecule has 3 rings (SSSR count). The second-order valence-electron chi connectivity index (χ2n) is 6.36. The number of esters is 1. The number of methoxy groups -OCH3 is 2. The zero-order valence-corrected chi connectivity index (χ0v) is 18.6. The van der Waals surface area contributed by atoms with Gasteiger partial charge in [0, 0.05) is 5.56 Å². The number of nitrogens with zero attached hydrogens (tertiary/aromatic N) is 1. The lowest BCUT2D eigenvalue weighted by Crippen LogP contribution is -2.17. The highest BCUT2D eigenvalue weighted by Gasteiger charge is 2.14. The van der Waals surface area contributed by atoms with E-state index in [1.807, 2.05) is 0 Å². The predicted octanol–water partition coefficient (Wildman–Crippen LogP) is 4.99. The maximum Gasteiger partial charge on any atom is 0.343 e. The lowest BCUT2D eigenvalue weighted by molar-refractivity contribution is 0.0729. The lowest BCUT2D eigenvalue weighted by atomic mass is 10.2. The van der Waals surface area contributed by atoms with Gasteiger partial charge in [-0.3, -0.25) is 4.79 Å². The normalized spacial score (nSPS) is 10.6. The van der Waals surface area contributed by atoms with E-state index in [0.717, 1.165) is 0 Å². The monoisotopic (exact) mass is 472 g/mol. The van der Waals surface area contributed by atoms with Gasteiger partial charge in [0.15, 0.2) is 11.5 Å². The number of hydrogen-bond donors (Lipinski definition) is 1. The number of ether oxygens (including phenoxy) is 3. The Morgan fingerprint density at radius 1 is 0.875 bits per heavy atom. The van der Waals surface area contributed by atoms with Crippen LogP contribution in [0.2, 0.25) is 10.0 Å². The smallest absolute Gasteiger partial charge is 0.343 e. The van der Waals surface area contributed by atoms with E-state index in [4.69, 9.17) is 37.4 Å². The van der Waals surface area contributed by atoms with Gasteiger partial charge in [0.05, 0.1) is 36.0 Å². The highest BCUT2D eigenvalue weighted by atomic mass is 35.5. The Labute approximate surface area is 194 Å². The van der Waals surface area contributed by atoms with Crippen molar-refractivity contribution >= 4 is 41.3 Å². The van der Waals surface area contributed by atoms with Crippen LogP contribution in [0, 0.1) is 0 Å². The summed E-state index contributed by atoms with van der Waals surface area (Å²) in [5.41, 5.74) is 3.70. The molecule has 0 fully saturated rings. The lowest BCUT2D eigenvalue weighted by Gasteiger charge is -2.10. The number of halogens is 2. The van der Waals surface area contributed by atoms with Crippen molar-refractivity contribution in [2.45, 2.75) is 0 Å². The van der Waals surface area contributed by atoms with Crippen LogP contribution in [0.5, 0.6) is 17.2 Å². The summed E-state index contributed by atoms with van der Waals surface area (Å²) >= 11 is 11.8. The molecule has 0 aromatic heterocycles. The number of rotatable bonds is 7. The Balaban J connectivity index is 1.68. The first-order valence-electron chi connectivity index (χ1n) is 9.24. The Kier molecular flexibility index (Phi) is 7.70. The zero-order valence-electron chi connectivity index (χ0n) is 17.1. The summed E-state index contributed by atoms with van der Waals surface area (Å²) in [6, 6.07) is 16.0. The topological polar surface area (TPSA) is 86.2 Å². The molecule has 0 unspecified atom stereocenters. The quantitative estimate of drug-likeness (QED) is 0.226. The summed E-state index contributed by atoms with van der Waals surface area (Å²) < 4.78 is 15.8. The minimum Gasteiger partial charge on any atom is -0.497 e. The standard InChI is InChI=1S/C23H18Cl2N2O5/c1-30-17-5-3-4-15(11-17)22(28)27-26-13-14-6-9-20(21(10-14)31-2)32-23(29)16-7-8-18(24)19(25)12-16/h3-13H,1-2H3,(H,27,28)/b26-13+. The Hall–Kier alpha value is -3.55. The molecule has 0 aliphatic carbocycles. The average Bonchev–Trinajstić information content (AvgIpc) is 2.81. The van der Waals surface area contributed by atoms with Gasteiger partial charge in [0.2, 0.25) is 0 Å². The molecule has 0 spiro atoms. The Bertz CT molecular complexity index is 1180. The van der Waals surface area contributed by atoms with Gasteiger partial charge in [-0.1, -0.05) is 29.3 Å². The van der Waals surface area contributed by atoms with Gasteiger partial charge in [-0.15, -0.1) is 0 Å². The van der Waals surface area contributed by atoms with E-state index in [1.165, 1.54) is 38.6 Å². The highest BCUT2D eigenvalue weighted by Crippen LogP contribution is 2.29. The first kappa shape index (κ1) is 23.1. The van der Waals surface area contributed by atoms with Gasteiger partial charge in [-0.25, -0.2) is 10.2 Å². The van der Waals surface area contributed by atoms with Crippen LogP contribution < -0.4 is 19.6 Å². The molecule has 0 radical (unpaired) electrons. The molecule has 0 saturated carbocycles. The average molecular weight is 473 g/mol. The number of amides is 1. The largest absolute Gasteiger partial charge is 0.497 e. The van der Waals surface area contributed by atoms with Crippen molar-refractivity contribution in [3.63, 3.8) is 0 Å². The minimum absolute atomic E-state index is 0.209. The molecule has 9 heteroatoms. The second kappa shape index (κ2) is 10.7. The van der Waals surface area contributed by atoms with Crippen LogP contribution >= 0.6 is 23.2 Å². The third-order valence-electron chi connectivity index (χ3n) is 4.26. The third-order valence-corrected chi connectivity index (χ3v) is 5.00. The summed E-state index contributed by atoms with van der Waals surface area (Å²) in [5, 5.41) is 4.53. The highest BCUT2D eigenvalue weighted by molar-refractivity contribution is 6.42. The van der Waals surface area contributed by atoms with Crippen LogP contribution in [-0.4, -0.2) is 32.3 Å². The van der Waals surface area contributed by atoms with Crippen molar-refractivity contribution < 1.29 is 23.8 Å². The summed E-state index contributed by atoms with van der Waals surface area (Å²) in [4.78, 5) is 24.6. The van der Waals surface area contributed by atoms with Crippen molar-refractivity contribution in [2.75, 3.05) is 14.2 Å². The molecule has 1 N–H and O–H groups in total. The van der Waals surface area contributed by atoms with E-state index in [9.17, 15) is 9.59 Å². The third kappa shape index (κ3) is 5.78. The molecule has 0 atom stereocenters. The predicted molar refractivity (Wildman–Crippen MR) is 122 cm³/mol. The molecule has 7 nitrogen and oxygen atoms in total. The fraction of sp³-hybridized carbons (Fsp3) is 0.0870. The van der Waals surface area contributed by atoms with Crippen molar-refractivity contribution in [1.29, 1.82) is 0 Å². The summed E-state index contributed by atoms with van der Waals surface area (Å²) in [5.74, 6) is 0.0770. The van der Waals surface area contributed by atoms with Crippen molar-refractivity contribution in [3.05, 3.63) is 87.4 Å². The van der Waals surface area contributed by atoms with Crippen molar-refractivity contribution in [3.8, 4) is 17.2 Å². The van der Waals surface area contributed by atoms with Crippen LogP contribution in [0.3, 0.4) is 0 Å². The van der Waals surface area contributed by atoms with Gasteiger partial charge in [-0.05, 0) is 60.2 Å². The van der Waals surface area contributed by atoms with Gasteiger partial charge in [-0.2, -0.15) is 5.10 Å². The molecule has 3 aromatic carbocycles. The molecule has 0 aliphatic rings. The SMILES string of the molecule is COc1cccc(C(=O)N/N=C/c2ccc(OC(=O)c3ccc(Cl)c(Cl)c3)c(OC)c2)c1. The number of carbonyl (C=O) groups is 2. The van der Waals surface area contributed by atoms with E-state index in [0.29, 0.717) is 27.6 Å². The van der Waals surface area contributed by atoms with E-state index in [1.54, 1.807) is 42.5 Å². The molecular weight excluding hydrogens is 455 g/mol. The number of hydrogen-bond acceptors (Lipinski definition) is 6. The molecular formula is C23H18Cl2N2O5. The van der Waals surface area contributed by atoms with Crippen LogP contribution in [0.4, 0.5) is 0 Å². The van der Waals surface area contributed by atoms with Crippen molar-refractivity contribution in [1.82, 2.24) is 5.43 Å². The maximum atomic E-state index is 12.4. The van der Waals surface area contributed by atoms with Crippen molar-refractivity contribution in [2.24, 2.45) is 5.10 Å². The second-order valence-corrected chi connectivity index (χ2v) is 7.17. The van der Waals surface area contributed by atoms with Gasteiger partial charge < -0.3 is 14.2 Å². The molecule has 0 aliphatic heterocycles. The minimum atomic E-state index is -0.617. The van der Waals surface area contributed by atoms with Gasteiger partial charge in [0.1, 0.15) is 5.75 Å². The fourth-order valence-corrected chi connectivity index (χ4v) is 2.92. The summed E-state index contributed by atoms with van der Waals surface area (Å²) in [6.45, 7) is 0. The first-order valence-corrected chi connectivity index (χ1v) is 9.99. The number of benzene rings is 3. The van der Waals surface area contributed by atoms with E-state index < -0.39 is 5.97 Å². The van der Waals surface area contributed by atoms with Crippen LogP contribution in [0.15, 0.2) is 65.8 Å². The van der Waals surface area contributed by atoms with Gasteiger partial charge in [0.25, 0.3) is 5.91 Å². The Morgan fingerprint density at radius 2 is 1.69 bits per heavy atom. The Morgan fingerprint density at radius 3 is 2.41 bits per heavy atom. The molecule has 164 valence electrons. The summed E-state index contributed by atoms with van der Waals surface area (Å²) in [7, 11) is 2.96. The molecule has 0 bridgehead atoms. The molecule has 0 heterocycles. The number of hydrazone groups is 1. The van der Waals surface area contributed by atoms with Crippen LogP contribution in [0.25, 0.3) is 0 Å². The fourth-order valence-electron chi connectivity index (χ4n) is 2.62. The van der Waals surface area contributed by atoms with E-state index in [2.05, 4.69) is 10.5 Å². The van der Waals surface area contributed by atoms with E-state index in [-0.39, 0.29) is 22.2 Å². The molecule has 32 heavy (non-hydrogen) atoms. The van der Waals surface area contributed by atoms with E-state index >= 15 is 0 Å². The molecule has 0 saturated heterocycles. The molecule has 1 amide bonds. The number of carbonyl (C=O) groups excluding carboxylic acids is 2. The molecule has 3 aromatic rings. The van der Waals surface area contributed by atoms with Crippen LogP contribution in [0.1, 0.15) is 26.3 Å². The first-order chi connectivity index (χ1) is 15.4. The number of nitrogens with one attached hydrogen (secondary N) is 1. The van der Waals surface area contributed by atoms with Crippen LogP contribution in [-0.2, 0) is 0 Å². The van der Waals surface area contributed by atoms with Gasteiger partial charge >= 0.3 is 5.97 Å².